The van der Waals surface area contributed by atoms with E-state index in [0.717, 1.165) is 16.8 Å². The van der Waals surface area contributed by atoms with Gasteiger partial charge in [0.05, 0.1) is 6.61 Å². The van der Waals surface area contributed by atoms with Crippen molar-refractivity contribution in [1.29, 1.82) is 0 Å². The lowest BCUT2D eigenvalue weighted by Crippen LogP contribution is -2.27. The molecule has 0 radical (unpaired) electrons. The molecule has 2 rings (SSSR count). The summed E-state index contributed by atoms with van der Waals surface area (Å²) in [6.45, 7) is 7.03. The molecule has 1 heterocycles. The predicted octanol–water partition coefficient (Wildman–Crippen LogP) is 2.52. The Morgan fingerprint density at radius 3 is 2.57 bits per heavy atom. The lowest BCUT2D eigenvalue weighted by molar-refractivity contribution is 0.0932. The Bertz CT molecular complexity index is 678. The second kappa shape index (κ2) is 7.69. The summed E-state index contributed by atoms with van der Waals surface area (Å²) in [4.78, 5) is 20.5. The van der Waals surface area contributed by atoms with Crippen LogP contribution in [0.3, 0.4) is 0 Å². The van der Waals surface area contributed by atoms with Gasteiger partial charge in [0.1, 0.15) is 5.69 Å². The zero-order chi connectivity index (χ0) is 16.8. The molecule has 2 N–H and O–H groups in total. The van der Waals surface area contributed by atoms with Crippen molar-refractivity contribution < 1.29 is 9.53 Å². The highest BCUT2D eigenvalue weighted by atomic mass is 16.5. The van der Waals surface area contributed by atoms with E-state index in [-0.39, 0.29) is 5.91 Å². The second-order valence-electron chi connectivity index (χ2n) is 5.41. The standard InChI is InChI=1S/C17H22N4O2/c1-11-9-12(2)15(13(3)10-11)21-17-19-6-5-14(20-17)16(22)18-7-8-23-4/h5-6,9-10H,7-8H2,1-4H3,(H,18,22)(H,19,20,21). The number of carbonyl (C=O) groups excluding carboxylic acids is 1. The highest BCUT2D eigenvalue weighted by molar-refractivity contribution is 5.92. The van der Waals surface area contributed by atoms with Gasteiger partial charge >= 0.3 is 0 Å². The van der Waals surface area contributed by atoms with Gasteiger partial charge < -0.3 is 15.4 Å². The topological polar surface area (TPSA) is 76.1 Å². The van der Waals surface area contributed by atoms with E-state index in [1.165, 1.54) is 5.56 Å². The third-order valence-corrected chi connectivity index (χ3v) is 3.39. The average Bonchev–Trinajstić information content (AvgIpc) is 2.51. The van der Waals surface area contributed by atoms with Crippen molar-refractivity contribution >= 4 is 17.5 Å². The van der Waals surface area contributed by atoms with Gasteiger partial charge in [0.2, 0.25) is 5.95 Å². The van der Waals surface area contributed by atoms with Crippen molar-refractivity contribution in [2.75, 3.05) is 25.6 Å². The Hall–Kier alpha value is -2.47. The van der Waals surface area contributed by atoms with Crippen LogP contribution in [0.4, 0.5) is 11.6 Å². The van der Waals surface area contributed by atoms with Crippen molar-refractivity contribution in [2.24, 2.45) is 0 Å². The number of ether oxygens (including phenoxy) is 1. The van der Waals surface area contributed by atoms with Crippen molar-refractivity contribution in [1.82, 2.24) is 15.3 Å². The van der Waals surface area contributed by atoms with Gasteiger partial charge in [-0.05, 0) is 38.0 Å². The Morgan fingerprint density at radius 2 is 1.91 bits per heavy atom. The summed E-state index contributed by atoms with van der Waals surface area (Å²) in [6, 6.07) is 5.77. The first-order valence-electron chi connectivity index (χ1n) is 7.46. The zero-order valence-corrected chi connectivity index (χ0v) is 13.9. The van der Waals surface area contributed by atoms with E-state index in [4.69, 9.17) is 4.74 Å². The van der Waals surface area contributed by atoms with Gasteiger partial charge in [0.25, 0.3) is 5.91 Å². The molecule has 0 saturated heterocycles. The molecular weight excluding hydrogens is 292 g/mol. The largest absolute Gasteiger partial charge is 0.383 e. The van der Waals surface area contributed by atoms with E-state index >= 15 is 0 Å². The van der Waals surface area contributed by atoms with Crippen LogP contribution in [0.15, 0.2) is 24.4 Å². The Labute approximate surface area is 136 Å². The third-order valence-electron chi connectivity index (χ3n) is 3.39. The normalized spacial score (nSPS) is 10.4. The summed E-state index contributed by atoms with van der Waals surface area (Å²) in [5.74, 6) is 0.157. The first-order valence-corrected chi connectivity index (χ1v) is 7.46. The number of nitrogens with zero attached hydrogens (tertiary/aromatic N) is 2. The number of nitrogens with one attached hydrogen (secondary N) is 2. The summed E-state index contributed by atoms with van der Waals surface area (Å²) in [5, 5.41) is 5.94. The average molecular weight is 314 g/mol. The fourth-order valence-corrected chi connectivity index (χ4v) is 2.39. The van der Waals surface area contributed by atoms with Gasteiger partial charge in [-0.15, -0.1) is 0 Å². The quantitative estimate of drug-likeness (QED) is 0.801. The van der Waals surface area contributed by atoms with E-state index in [0.29, 0.717) is 24.8 Å². The summed E-state index contributed by atoms with van der Waals surface area (Å²) in [7, 11) is 1.59. The first kappa shape index (κ1) is 16.9. The SMILES string of the molecule is COCCNC(=O)c1ccnc(Nc2c(C)cc(C)cc2C)n1. The minimum atomic E-state index is -0.246. The highest BCUT2D eigenvalue weighted by Gasteiger charge is 2.10. The van der Waals surface area contributed by atoms with Crippen molar-refractivity contribution in [3.05, 3.63) is 46.8 Å². The minimum Gasteiger partial charge on any atom is -0.383 e. The lowest BCUT2D eigenvalue weighted by Gasteiger charge is -2.13. The van der Waals surface area contributed by atoms with Crippen LogP contribution in [0.1, 0.15) is 27.2 Å². The molecular formula is C17H22N4O2. The molecule has 0 aliphatic carbocycles. The van der Waals surface area contributed by atoms with Crippen LogP contribution in [0, 0.1) is 20.8 Å². The number of benzene rings is 1. The van der Waals surface area contributed by atoms with Crippen LogP contribution in [0.5, 0.6) is 0 Å². The molecule has 1 aromatic heterocycles. The molecule has 0 bridgehead atoms. The van der Waals surface area contributed by atoms with Gasteiger partial charge in [-0.25, -0.2) is 9.97 Å². The first-order chi connectivity index (χ1) is 11.0. The van der Waals surface area contributed by atoms with Crippen LogP contribution in [0.25, 0.3) is 0 Å². The molecule has 6 heteroatoms. The van der Waals surface area contributed by atoms with Gasteiger partial charge in [0.15, 0.2) is 0 Å². The smallest absolute Gasteiger partial charge is 0.270 e. The van der Waals surface area contributed by atoms with Crippen molar-refractivity contribution in [3.8, 4) is 0 Å². The summed E-state index contributed by atoms with van der Waals surface area (Å²) in [5.41, 5.74) is 4.72. The number of carbonyl (C=O) groups is 1. The Balaban J connectivity index is 2.16. The molecule has 23 heavy (non-hydrogen) atoms. The monoisotopic (exact) mass is 314 g/mol. The number of amides is 1. The van der Waals surface area contributed by atoms with E-state index in [1.807, 2.05) is 13.8 Å². The highest BCUT2D eigenvalue weighted by Crippen LogP contribution is 2.24. The molecule has 0 spiro atoms. The van der Waals surface area contributed by atoms with E-state index in [9.17, 15) is 4.79 Å². The molecule has 0 atom stereocenters. The maximum atomic E-state index is 12.0. The summed E-state index contributed by atoms with van der Waals surface area (Å²) >= 11 is 0. The molecule has 0 fully saturated rings. The summed E-state index contributed by atoms with van der Waals surface area (Å²) in [6.07, 6.45) is 1.57. The van der Waals surface area contributed by atoms with Gasteiger partial charge in [-0.3, -0.25) is 4.79 Å². The fourth-order valence-electron chi connectivity index (χ4n) is 2.39. The van der Waals surface area contributed by atoms with E-state index in [2.05, 4.69) is 39.7 Å². The van der Waals surface area contributed by atoms with E-state index in [1.54, 1.807) is 19.4 Å². The second-order valence-corrected chi connectivity index (χ2v) is 5.41. The molecule has 0 aliphatic heterocycles. The maximum absolute atomic E-state index is 12.0. The molecule has 1 amide bonds. The van der Waals surface area contributed by atoms with Gasteiger partial charge in [-0.1, -0.05) is 17.7 Å². The molecule has 0 unspecified atom stereocenters. The van der Waals surface area contributed by atoms with Gasteiger partial charge in [0, 0.05) is 25.5 Å². The molecule has 6 nitrogen and oxygen atoms in total. The summed E-state index contributed by atoms with van der Waals surface area (Å²) < 4.78 is 4.91. The van der Waals surface area contributed by atoms with Crippen molar-refractivity contribution in [2.45, 2.75) is 20.8 Å². The van der Waals surface area contributed by atoms with Gasteiger partial charge in [-0.2, -0.15) is 0 Å². The molecule has 0 aliphatic rings. The number of anilines is 2. The lowest BCUT2D eigenvalue weighted by atomic mass is 10.1. The van der Waals surface area contributed by atoms with Crippen LogP contribution in [-0.2, 0) is 4.74 Å². The Morgan fingerprint density at radius 1 is 1.22 bits per heavy atom. The number of hydrogen-bond donors (Lipinski definition) is 2. The number of aromatic nitrogens is 2. The minimum absolute atomic E-state index is 0.246. The zero-order valence-electron chi connectivity index (χ0n) is 13.9. The van der Waals surface area contributed by atoms with Crippen molar-refractivity contribution in [3.63, 3.8) is 0 Å². The number of hydrogen-bond acceptors (Lipinski definition) is 5. The predicted molar refractivity (Wildman–Crippen MR) is 90.2 cm³/mol. The van der Waals surface area contributed by atoms with Crippen LogP contribution >= 0.6 is 0 Å². The van der Waals surface area contributed by atoms with Crippen LogP contribution < -0.4 is 10.6 Å². The number of methoxy groups -OCH3 is 1. The number of rotatable bonds is 6. The van der Waals surface area contributed by atoms with Crippen LogP contribution in [-0.4, -0.2) is 36.1 Å². The third kappa shape index (κ3) is 4.50. The Kier molecular flexibility index (Phi) is 5.65. The van der Waals surface area contributed by atoms with E-state index < -0.39 is 0 Å². The molecule has 0 saturated carbocycles. The number of aryl methyl sites for hydroxylation is 3. The molecule has 122 valence electrons. The molecule has 1 aromatic carbocycles. The fraction of sp³-hybridized carbons (Fsp3) is 0.353. The molecule has 2 aromatic rings. The maximum Gasteiger partial charge on any atom is 0.270 e. The van der Waals surface area contributed by atoms with Crippen LogP contribution in [0.2, 0.25) is 0 Å².